The van der Waals surface area contributed by atoms with Gasteiger partial charge in [0.05, 0.1) is 18.5 Å². The zero-order chi connectivity index (χ0) is 20.1. The molecule has 0 saturated heterocycles. The second-order valence-electron chi connectivity index (χ2n) is 6.26. The van der Waals surface area contributed by atoms with Crippen molar-refractivity contribution in [1.82, 2.24) is 0 Å². The summed E-state index contributed by atoms with van der Waals surface area (Å²) >= 11 is 0. The molecule has 0 bridgehead atoms. The summed E-state index contributed by atoms with van der Waals surface area (Å²) < 4.78 is 38.6. The molecular weight excluding hydrogens is 379 g/mol. The molecule has 3 aromatic rings. The maximum atomic E-state index is 12.9. The summed E-state index contributed by atoms with van der Waals surface area (Å²) in [6, 6.07) is 21.0. The normalized spacial score (nSPS) is 11.1. The van der Waals surface area contributed by atoms with Gasteiger partial charge in [-0.25, -0.2) is 12.8 Å². The van der Waals surface area contributed by atoms with Crippen LogP contribution < -0.4 is 9.62 Å². The number of hydrogen-bond donors (Lipinski definition) is 1. The highest BCUT2D eigenvalue weighted by molar-refractivity contribution is 7.92. The van der Waals surface area contributed by atoms with Crippen molar-refractivity contribution in [3.63, 3.8) is 0 Å². The number of carbonyl (C=O) groups excluding carboxylic acids is 1. The van der Waals surface area contributed by atoms with Crippen molar-refractivity contribution in [1.29, 1.82) is 0 Å². The molecule has 0 unspecified atom stereocenters. The lowest BCUT2D eigenvalue weighted by atomic mass is 10.1. The van der Waals surface area contributed by atoms with Crippen LogP contribution in [0.25, 0.3) is 0 Å². The Kier molecular flexibility index (Phi) is 5.75. The molecule has 0 spiro atoms. The van der Waals surface area contributed by atoms with Gasteiger partial charge in [-0.1, -0.05) is 30.3 Å². The zero-order valence-electron chi connectivity index (χ0n) is 15.2. The highest BCUT2D eigenvalue weighted by Crippen LogP contribution is 2.20. The Hall–Kier alpha value is -3.19. The molecule has 3 rings (SSSR count). The molecule has 7 heteroatoms. The largest absolute Gasteiger partial charge is 0.322 e. The van der Waals surface area contributed by atoms with Crippen LogP contribution >= 0.6 is 0 Å². The first-order chi connectivity index (χ1) is 13.3. The van der Waals surface area contributed by atoms with E-state index in [1.54, 1.807) is 48.5 Å². The second kappa shape index (κ2) is 8.22. The van der Waals surface area contributed by atoms with Crippen molar-refractivity contribution in [2.24, 2.45) is 0 Å². The van der Waals surface area contributed by atoms with Crippen LogP contribution in [0.3, 0.4) is 0 Å². The molecule has 0 aliphatic carbocycles. The predicted molar refractivity (Wildman–Crippen MR) is 108 cm³/mol. The average molecular weight is 398 g/mol. The first-order valence-corrected chi connectivity index (χ1v) is 10.4. The van der Waals surface area contributed by atoms with E-state index in [1.165, 1.54) is 28.6 Å². The molecule has 0 heterocycles. The summed E-state index contributed by atoms with van der Waals surface area (Å²) in [5.41, 5.74) is 2.22. The number of anilines is 2. The summed E-state index contributed by atoms with van der Waals surface area (Å²) in [4.78, 5) is 12.3. The van der Waals surface area contributed by atoms with Crippen LogP contribution in [0, 0.1) is 5.82 Å². The van der Waals surface area contributed by atoms with Crippen LogP contribution in [0.4, 0.5) is 15.8 Å². The lowest BCUT2D eigenvalue weighted by Crippen LogP contribution is -2.29. The molecule has 0 aliphatic heterocycles. The lowest BCUT2D eigenvalue weighted by Gasteiger charge is -2.22. The fraction of sp³-hybridized carbons (Fsp3) is 0.0952. The number of para-hydroxylation sites is 1. The van der Waals surface area contributed by atoms with E-state index in [9.17, 15) is 17.6 Å². The molecule has 0 saturated carbocycles. The molecule has 28 heavy (non-hydrogen) atoms. The third-order valence-corrected chi connectivity index (χ3v) is 5.23. The third-order valence-electron chi connectivity index (χ3n) is 4.09. The van der Waals surface area contributed by atoms with Crippen LogP contribution in [0.1, 0.15) is 15.9 Å². The van der Waals surface area contributed by atoms with E-state index in [0.29, 0.717) is 16.9 Å². The van der Waals surface area contributed by atoms with Crippen molar-refractivity contribution in [3.8, 4) is 0 Å². The van der Waals surface area contributed by atoms with Gasteiger partial charge in [-0.15, -0.1) is 0 Å². The highest BCUT2D eigenvalue weighted by atomic mass is 32.2. The number of carbonyl (C=O) groups is 1. The monoisotopic (exact) mass is 398 g/mol. The van der Waals surface area contributed by atoms with Gasteiger partial charge in [-0.2, -0.15) is 0 Å². The number of sulfonamides is 1. The maximum absolute atomic E-state index is 12.9. The van der Waals surface area contributed by atoms with E-state index in [-0.39, 0.29) is 18.3 Å². The van der Waals surface area contributed by atoms with Gasteiger partial charge in [0.25, 0.3) is 5.91 Å². The van der Waals surface area contributed by atoms with Crippen molar-refractivity contribution in [3.05, 3.63) is 95.8 Å². The highest BCUT2D eigenvalue weighted by Gasteiger charge is 2.17. The van der Waals surface area contributed by atoms with Crippen LogP contribution in [0.15, 0.2) is 78.9 Å². The molecule has 0 aromatic heterocycles. The number of hydrogen-bond acceptors (Lipinski definition) is 3. The number of nitrogens with one attached hydrogen (secondary N) is 1. The zero-order valence-corrected chi connectivity index (χ0v) is 16.0. The number of benzene rings is 3. The topological polar surface area (TPSA) is 66.5 Å². The van der Waals surface area contributed by atoms with Crippen molar-refractivity contribution < 1.29 is 17.6 Å². The minimum atomic E-state index is -3.46. The Labute approximate surface area is 163 Å². The van der Waals surface area contributed by atoms with Crippen LogP contribution in [0.5, 0.6) is 0 Å². The van der Waals surface area contributed by atoms with Crippen molar-refractivity contribution in [2.75, 3.05) is 15.9 Å². The standard InChI is InChI=1S/C21H19FN2O3S/c1-28(26,27)24(20-5-3-2-4-6-20)15-16-7-9-17(10-8-16)21(25)23-19-13-11-18(22)12-14-19/h2-14H,15H2,1H3,(H,23,25). The van der Waals surface area contributed by atoms with Crippen molar-refractivity contribution in [2.45, 2.75) is 6.54 Å². The Morgan fingerprint density at radius 3 is 2.11 bits per heavy atom. The molecule has 144 valence electrons. The summed E-state index contributed by atoms with van der Waals surface area (Å²) in [5, 5.41) is 2.68. The molecule has 1 N–H and O–H groups in total. The van der Waals surface area contributed by atoms with E-state index in [4.69, 9.17) is 0 Å². The number of halogens is 1. The molecule has 0 radical (unpaired) electrons. The summed E-state index contributed by atoms with van der Waals surface area (Å²) in [7, 11) is -3.46. The first-order valence-electron chi connectivity index (χ1n) is 8.51. The first kappa shape index (κ1) is 19.6. The van der Waals surface area contributed by atoms with Crippen molar-refractivity contribution >= 4 is 27.3 Å². The average Bonchev–Trinajstić information content (AvgIpc) is 2.68. The SMILES string of the molecule is CS(=O)(=O)N(Cc1ccc(C(=O)Nc2ccc(F)cc2)cc1)c1ccccc1. The van der Waals surface area contributed by atoms with Gasteiger partial charge in [0.15, 0.2) is 0 Å². The van der Waals surface area contributed by atoms with Gasteiger partial charge < -0.3 is 5.32 Å². The summed E-state index contributed by atoms with van der Waals surface area (Å²) in [6.45, 7) is 0.155. The molecule has 0 atom stereocenters. The van der Waals surface area contributed by atoms with Gasteiger partial charge in [-0.3, -0.25) is 9.10 Å². The summed E-state index contributed by atoms with van der Waals surface area (Å²) in [6.07, 6.45) is 1.16. The van der Waals surface area contributed by atoms with E-state index >= 15 is 0 Å². The second-order valence-corrected chi connectivity index (χ2v) is 8.17. The van der Waals surface area contributed by atoms with Crippen LogP contribution in [-0.2, 0) is 16.6 Å². The van der Waals surface area contributed by atoms with Crippen LogP contribution in [-0.4, -0.2) is 20.6 Å². The molecule has 5 nitrogen and oxygen atoms in total. The Morgan fingerprint density at radius 1 is 0.929 bits per heavy atom. The molecular formula is C21H19FN2O3S. The van der Waals surface area contributed by atoms with Gasteiger partial charge >= 0.3 is 0 Å². The smallest absolute Gasteiger partial charge is 0.255 e. The minimum Gasteiger partial charge on any atom is -0.322 e. The fourth-order valence-corrected chi connectivity index (χ4v) is 3.55. The Morgan fingerprint density at radius 2 is 1.54 bits per heavy atom. The molecule has 3 aromatic carbocycles. The third kappa shape index (κ3) is 4.95. The van der Waals surface area contributed by atoms with Gasteiger partial charge in [0.1, 0.15) is 5.82 Å². The maximum Gasteiger partial charge on any atom is 0.255 e. The number of nitrogens with zero attached hydrogens (tertiary/aromatic N) is 1. The molecule has 0 aliphatic rings. The Bertz CT molecular complexity index is 1050. The quantitative estimate of drug-likeness (QED) is 0.681. The van der Waals surface area contributed by atoms with Gasteiger partial charge in [0.2, 0.25) is 10.0 Å². The Balaban J connectivity index is 1.74. The number of rotatable bonds is 6. The van der Waals surface area contributed by atoms with E-state index in [2.05, 4.69) is 5.32 Å². The number of amides is 1. The minimum absolute atomic E-state index is 0.155. The van der Waals surface area contributed by atoms with Gasteiger partial charge in [-0.05, 0) is 54.1 Å². The summed E-state index contributed by atoms with van der Waals surface area (Å²) in [5.74, 6) is -0.711. The molecule has 1 amide bonds. The van der Waals surface area contributed by atoms with E-state index in [0.717, 1.165) is 11.8 Å². The predicted octanol–water partition coefficient (Wildman–Crippen LogP) is 4.04. The molecule has 0 fully saturated rings. The van der Waals surface area contributed by atoms with Crippen LogP contribution in [0.2, 0.25) is 0 Å². The lowest BCUT2D eigenvalue weighted by molar-refractivity contribution is 0.102. The van der Waals surface area contributed by atoms with E-state index < -0.39 is 10.0 Å². The fourth-order valence-electron chi connectivity index (χ4n) is 2.66. The van der Waals surface area contributed by atoms with Gasteiger partial charge in [0, 0.05) is 11.3 Å². The van der Waals surface area contributed by atoms with E-state index in [1.807, 2.05) is 6.07 Å².